The Kier molecular flexibility index (Phi) is 33.9. The van der Waals surface area contributed by atoms with Gasteiger partial charge in [0.05, 0.1) is 33.3 Å². The minimum absolute atomic E-state index is 0.0239. The lowest BCUT2D eigenvalue weighted by molar-refractivity contribution is 0.0690. The van der Waals surface area contributed by atoms with E-state index in [-0.39, 0.29) is 40.5 Å². The minimum Gasteiger partial charge on any atom is -0.497 e. The number of carbonyl (C=O) groups excluding carboxylic acids is 3. The molecule has 4 heterocycles. The average Bonchev–Trinajstić information content (AvgIpc) is 1.65. The summed E-state index contributed by atoms with van der Waals surface area (Å²) in [6.07, 6.45) is 1.00. The number of benzene rings is 10. The molecule has 0 spiro atoms. The summed E-state index contributed by atoms with van der Waals surface area (Å²) < 4.78 is 50.8. The van der Waals surface area contributed by atoms with E-state index in [0.717, 1.165) is 96.5 Å². The third kappa shape index (κ3) is 29.6. The molecule has 0 saturated carbocycles. The number of Topliss-reactive ketones (excluding diaryl/α,β-unsaturated/α-hetero) is 3. The molecule has 119 heavy (non-hydrogen) atoms. The molecule has 0 amide bonds. The van der Waals surface area contributed by atoms with Crippen LogP contribution in [0.25, 0.3) is 0 Å². The minimum atomic E-state index is -1.03. The van der Waals surface area contributed by atoms with Crippen molar-refractivity contribution in [2.75, 3.05) is 13.7 Å². The van der Waals surface area contributed by atoms with Crippen LogP contribution in [-0.4, -0.2) is 81.6 Å². The van der Waals surface area contributed by atoms with Gasteiger partial charge in [0.1, 0.15) is 72.7 Å². The number of methoxy groups -OCH3 is 1. The molecule has 23 heteroatoms. The van der Waals surface area contributed by atoms with Gasteiger partial charge in [-0.15, -0.1) is 45.3 Å². The number of halogens is 4. The van der Waals surface area contributed by atoms with Crippen LogP contribution in [0.4, 0.5) is 13.2 Å². The molecule has 1 N–H and O–H groups in total. The third-order valence-corrected chi connectivity index (χ3v) is 22.6. The summed E-state index contributed by atoms with van der Waals surface area (Å²) in [6.45, 7) is 15.4. The van der Waals surface area contributed by atoms with Crippen LogP contribution in [-0.2, 0) is 78.6 Å². The summed E-state index contributed by atoms with van der Waals surface area (Å²) in [7, 11) is 1.62. The topological polar surface area (TPSA) is 171 Å². The zero-order valence-corrected chi connectivity index (χ0v) is 70.8. The van der Waals surface area contributed by atoms with Crippen molar-refractivity contribution in [3.8, 4) is 11.5 Å². The molecule has 0 unspecified atom stereocenters. The first-order valence-electron chi connectivity index (χ1n) is 38.6. The zero-order chi connectivity index (χ0) is 83.8. The molecule has 14 rings (SSSR count). The molecule has 4 aromatic heterocycles. The first-order chi connectivity index (χ1) is 57.6. The molecule has 0 saturated heterocycles. The van der Waals surface area contributed by atoms with Crippen molar-refractivity contribution < 1.29 is 46.9 Å². The van der Waals surface area contributed by atoms with Gasteiger partial charge in [-0.3, -0.25) is 34.0 Å². The number of ketones is 3. The molecule has 10 aromatic carbocycles. The normalized spacial score (nSPS) is 11.1. The summed E-state index contributed by atoms with van der Waals surface area (Å²) in [5, 5.41) is 20.2. The zero-order valence-electron chi connectivity index (χ0n) is 66.7. The number of hydrogen-bond acceptors (Lipinski definition) is 18. The van der Waals surface area contributed by atoms with Crippen molar-refractivity contribution in [3.05, 3.63) is 409 Å². The lowest BCUT2D eigenvalue weighted by Crippen LogP contribution is -2.25. The van der Waals surface area contributed by atoms with E-state index >= 15 is 0 Å². The van der Waals surface area contributed by atoms with Gasteiger partial charge in [-0.2, -0.15) is 0 Å². The van der Waals surface area contributed by atoms with Crippen molar-refractivity contribution in [1.29, 1.82) is 0 Å². The molecular formula is C96H92ClF3N8O7S4. The van der Waals surface area contributed by atoms with Crippen LogP contribution in [0, 0.1) is 24.4 Å². The molecule has 14 aromatic rings. The summed E-state index contributed by atoms with van der Waals surface area (Å²) in [5.74, 6) is 0.0928. The number of carbonyl (C=O) groups is 4. The lowest BCUT2D eigenvalue weighted by Gasteiger charge is -2.25. The number of aromatic carboxylic acids is 1. The van der Waals surface area contributed by atoms with E-state index in [1.807, 2.05) is 96.4 Å². The van der Waals surface area contributed by atoms with Crippen molar-refractivity contribution >= 4 is 80.3 Å². The summed E-state index contributed by atoms with van der Waals surface area (Å²) in [4.78, 5) is 72.5. The van der Waals surface area contributed by atoms with Gasteiger partial charge in [0, 0.05) is 99.0 Å². The van der Waals surface area contributed by atoms with Gasteiger partial charge in [0.15, 0.2) is 23.0 Å². The number of hydrogen-bond donors (Lipinski definition) is 1. The second-order valence-corrected chi connectivity index (χ2v) is 32.8. The highest BCUT2D eigenvalue weighted by molar-refractivity contribution is 7.10. The van der Waals surface area contributed by atoms with Crippen LogP contribution in [0.2, 0.25) is 5.02 Å². The fourth-order valence-electron chi connectivity index (χ4n) is 12.9. The number of ether oxygens (including phenoxy) is 2. The number of rotatable bonds is 35. The maximum absolute atomic E-state index is 13.3. The summed E-state index contributed by atoms with van der Waals surface area (Å²) in [6, 6.07) is 83.3. The Hall–Kier alpha value is -11.3. The predicted octanol–water partition coefficient (Wildman–Crippen LogP) is 22.7. The second-order valence-electron chi connectivity index (χ2n) is 28.5. The van der Waals surface area contributed by atoms with E-state index in [2.05, 4.69) is 144 Å². The van der Waals surface area contributed by atoms with E-state index < -0.39 is 5.97 Å². The quantitative estimate of drug-likeness (QED) is 0.0372. The number of aryl methyl sites for hydroxylation is 1. The summed E-state index contributed by atoms with van der Waals surface area (Å²) >= 11 is 11.9. The second kappa shape index (κ2) is 45.6. The molecule has 610 valence electrons. The first-order valence-corrected chi connectivity index (χ1v) is 42.5. The number of carboxylic acid groups (broad SMARTS) is 1. The van der Waals surface area contributed by atoms with Crippen LogP contribution >= 0.6 is 56.9 Å². The van der Waals surface area contributed by atoms with Crippen molar-refractivity contribution in [2.45, 2.75) is 119 Å². The largest absolute Gasteiger partial charge is 0.497 e. The van der Waals surface area contributed by atoms with Crippen molar-refractivity contribution in [1.82, 2.24) is 39.5 Å². The molecule has 0 atom stereocenters. The molecule has 0 aliphatic carbocycles. The summed E-state index contributed by atoms with van der Waals surface area (Å²) in [5.41, 5.74) is 14.3. The average molecular weight is 1690 g/mol. The van der Waals surface area contributed by atoms with Crippen molar-refractivity contribution in [3.63, 3.8) is 0 Å². The van der Waals surface area contributed by atoms with Crippen LogP contribution in [0.15, 0.2) is 282 Å². The molecule has 0 bridgehead atoms. The Morgan fingerprint density at radius 3 is 1.05 bits per heavy atom. The Morgan fingerprint density at radius 1 is 0.378 bits per heavy atom. The maximum atomic E-state index is 13.3. The van der Waals surface area contributed by atoms with Gasteiger partial charge >= 0.3 is 5.97 Å². The van der Waals surface area contributed by atoms with Gasteiger partial charge in [0.25, 0.3) is 0 Å². The van der Waals surface area contributed by atoms with Crippen LogP contribution in [0.3, 0.4) is 0 Å². The molecule has 0 aliphatic heterocycles. The lowest BCUT2D eigenvalue weighted by atomic mass is 9.88. The Morgan fingerprint density at radius 2 is 0.697 bits per heavy atom. The van der Waals surface area contributed by atoms with E-state index in [4.69, 9.17) is 26.2 Å². The van der Waals surface area contributed by atoms with Crippen LogP contribution in [0.1, 0.15) is 156 Å². The molecular weight excluding hydrogens is 1600 g/mol. The number of thiazole rings is 4. The Bertz CT molecular complexity index is 5440. The SMILES string of the molecule is CC(=O)c1csc(CN(CCC(c2ccccc2)c2ccccc2)Cc2ccc(C)cc2)n1.CC(=O)c1csc(CN(Cc2ccc(F)cc2)Cc2ccc(OCc3ccccc3)cc2)n1.CC(=O)c1csc(CN(Cc2ccc(F)cc2)Cc2cccc(Cl)c2)n1.COc1ccc(CN(Cc2ccc(F)cc2)Cc2nc(C(=O)O)cs2)cc1. The monoisotopic (exact) mass is 1690 g/mol. The molecule has 0 fully saturated rings. The highest BCUT2D eigenvalue weighted by Crippen LogP contribution is 2.31. The van der Waals surface area contributed by atoms with Crippen LogP contribution in [0.5, 0.6) is 11.5 Å². The van der Waals surface area contributed by atoms with Gasteiger partial charge in [-0.05, 0) is 148 Å². The standard InChI is InChI=1S/C29H30N2OS.C27H25FN2O2S.C20H18ClFN2OS.C20H19FN2O3S/c1-22-13-15-24(16-14-22)19-31(20-29-30-28(21-33-29)23(2)32)18-17-27(25-9-5-3-6-10-25)26-11-7-4-8-12-26;1-20(31)26-19-33-27(29-26)17-30(15-21-7-11-24(28)12-8-21)16-22-9-13-25(14-10-22)32-18-23-5-3-2-4-6-23;1-14(25)19-13-26-20(23-19)12-24(10-15-5-7-18(22)8-6-15)11-16-3-2-4-17(21)9-16;1-26-17-8-4-15(5-9-17)11-23(10-14-2-6-16(21)7-3-14)12-19-22-18(13-27-19)20(24)25/h3-16,21,27H,17-20H2,1-2H3;2-14,19H,15-18H2,1H3;2-9,13H,10-12H2,1H3;2-9,13H,10-12H2,1H3,(H,24,25). The fourth-order valence-corrected chi connectivity index (χ4v) is 16.5. The van der Waals surface area contributed by atoms with Gasteiger partial charge in [0.2, 0.25) is 0 Å². The van der Waals surface area contributed by atoms with Gasteiger partial charge < -0.3 is 14.6 Å². The number of aromatic nitrogens is 4. The number of nitrogens with zero attached hydrogens (tertiary/aromatic N) is 8. The van der Waals surface area contributed by atoms with Crippen LogP contribution < -0.4 is 9.47 Å². The molecule has 0 radical (unpaired) electrons. The maximum Gasteiger partial charge on any atom is 0.355 e. The van der Waals surface area contributed by atoms with E-state index in [1.165, 1.54) is 107 Å². The van der Waals surface area contributed by atoms with Gasteiger partial charge in [-0.1, -0.05) is 205 Å². The molecule has 0 aliphatic rings. The number of carboxylic acids is 1. The Balaban J connectivity index is 0.000000156. The smallest absolute Gasteiger partial charge is 0.355 e. The van der Waals surface area contributed by atoms with Crippen molar-refractivity contribution in [2.24, 2.45) is 0 Å². The van der Waals surface area contributed by atoms with E-state index in [9.17, 15) is 32.3 Å². The first kappa shape index (κ1) is 88.5. The molecule has 15 nitrogen and oxygen atoms in total. The van der Waals surface area contributed by atoms with E-state index in [0.29, 0.717) is 93.5 Å². The third-order valence-electron chi connectivity index (χ3n) is 19.0. The highest BCUT2D eigenvalue weighted by atomic mass is 35.5. The van der Waals surface area contributed by atoms with E-state index in [1.54, 1.807) is 77.9 Å². The van der Waals surface area contributed by atoms with Gasteiger partial charge in [-0.25, -0.2) is 37.9 Å². The highest BCUT2D eigenvalue weighted by Gasteiger charge is 2.21. The fraction of sp³-hybridized carbons (Fsp3) is 0.208. The Labute approximate surface area is 714 Å². The predicted molar refractivity (Wildman–Crippen MR) is 470 cm³/mol.